The molecule has 47 heavy (non-hydrogen) atoms. The Labute approximate surface area is 289 Å². The number of carbonyl (C=O) groups excluding carboxylic acids is 2. The monoisotopic (exact) mass is 657 g/mol. The van der Waals surface area contributed by atoms with Crippen molar-refractivity contribution in [3.05, 3.63) is 28.3 Å². The van der Waals surface area contributed by atoms with Crippen molar-refractivity contribution in [3.63, 3.8) is 0 Å². The summed E-state index contributed by atoms with van der Waals surface area (Å²) in [5, 5.41) is 36.3. The predicted molar refractivity (Wildman–Crippen MR) is 193 cm³/mol. The molecule has 0 heterocycles. The van der Waals surface area contributed by atoms with Crippen LogP contribution in [0.5, 0.6) is 5.75 Å². The van der Waals surface area contributed by atoms with Gasteiger partial charge in [-0.25, -0.2) is 0 Å². The molecule has 0 aliphatic rings. The lowest BCUT2D eigenvalue weighted by molar-refractivity contribution is -0.338. The average Bonchev–Trinajstić information content (AvgIpc) is 3.00. The summed E-state index contributed by atoms with van der Waals surface area (Å²) >= 11 is 0. The summed E-state index contributed by atoms with van der Waals surface area (Å²) in [6.45, 7) is 14.5. The van der Waals surface area contributed by atoms with Gasteiger partial charge in [-0.3, -0.25) is 0 Å². The summed E-state index contributed by atoms with van der Waals surface area (Å²) < 4.78 is 0. The molecule has 1 aromatic carbocycles. The first-order chi connectivity index (χ1) is 22.3. The van der Waals surface area contributed by atoms with Crippen molar-refractivity contribution in [1.82, 2.24) is 0 Å². The van der Waals surface area contributed by atoms with E-state index in [1.807, 2.05) is 40.7 Å². The second-order valence-electron chi connectivity index (χ2n) is 15.8. The lowest BCUT2D eigenvalue weighted by atomic mass is 9.64. The third kappa shape index (κ3) is 15.8. The summed E-state index contributed by atoms with van der Waals surface area (Å²) in [5.74, 6) is -4.50. The molecule has 1 atom stereocenters. The Hall–Kier alpha value is -2.04. The van der Waals surface area contributed by atoms with Crippen LogP contribution in [0, 0.1) is 25.2 Å². The molecule has 5 nitrogen and oxygen atoms in total. The zero-order chi connectivity index (χ0) is 35.3. The summed E-state index contributed by atoms with van der Waals surface area (Å²) in [7, 11) is 0. The number of carbonyl (C=O) groups is 2. The van der Waals surface area contributed by atoms with Gasteiger partial charge in [-0.15, -0.1) is 0 Å². The van der Waals surface area contributed by atoms with Crippen LogP contribution < -0.4 is 10.2 Å². The van der Waals surface area contributed by atoms with E-state index in [-0.39, 0.29) is 11.2 Å². The maximum absolute atomic E-state index is 12.6. The molecule has 0 saturated carbocycles. The Morgan fingerprint density at radius 3 is 1.28 bits per heavy atom. The molecule has 1 unspecified atom stereocenters. The SMILES string of the molecule is CCCCCCCCCCCCCC(CCCCCCCCCCCC)(Cc1cc(C(C)(C)C)c(O)c(C)c1C)C(C(=O)[O-])C(=O)[O-]. The molecule has 5 heteroatoms. The lowest BCUT2D eigenvalue weighted by Crippen LogP contribution is -2.53. The van der Waals surface area contributed by atoms with Crippen LogP contribution in [0.3, 0.4) is 0 Å². The number of aliphatic carboxylic acids is 2. The van der Waals surface area contributed by atoms with E-state index in [0.717, 1.165) is 73.6 Å². The van der Waals surface area contributed by atoms with Gasteiger partial charge in [0.15, 0.2) is 0 Å². The third-order valence-corrected chi connectivity index (χ3v) is 10.7. The first-order valence-electron chi connectivity index (χ1n) is 19.6. The van der Waals surface area contributed by atoms with Gasteiger partial charge in [0.2, 0.25) is 0 Å². The number of carboxylic acids is 2. The molecule has 0 aliphatic heterocycles. The van der Waals surface area contributed by atoms with Crippen LogP contribution in [0.15, 0.2) is 6.07 Å². The molecule has 1 rings (SSSR count). The fourth-order valence-corrected chi connectivity index (χ4v) is 7.50. The standard InChI is InChI=1S/C42H74O5/c1-8-10-12-14-16-18-20-22-24-26-28-30-42(37(39(44)45)40(46)47,29-27-25-23-21-19-17-15-13-11-9-2)32-35-31-36(41(5,6)7)38(43)34(4)33(35)3/h31,37,43H,8-30,32H2,1-7H3,(H,44,45)(H,46,47)/p-2. The van der Waals surface area contributed by atoms with Crippen molar-refractivity contribution in [2.45, 2.75) is 208 Å². The van der Waals surface area contributed by atoms with Gasteiger partial charge in [0, 0.05) is 5.92 Å². The van der Waals surface area contributed by atoms with Crippen LogP contribution in [-0.2, 0) is 21.4 Å². The Morgan fingerprint density at radius 2 is 0.957 bits per heavy atom. The van der Waals surface area contributed by atoms with E-state index >= 15 is 0 Å². The second-order valence-corrected chi connectivity index (χ2v) is 15.8. The normalized spacial score (nSPS) is 13.3. The van der Waals surface area contributed by atoms with Crippen LogP contribution in [0.25, 0.3) is 0 Å². The summed E-state index contributed by atoms with van der Waals surface area (Å²) in [6, 6.07) is 1.99. The van der Waals surface area contributed by atoms with E-state index in [0.29, 0.717) is 19.3 Å². The number of phenolic OH excluding ortho intramolecular Hbond substituents is 1. The van der Waals surface area contributed by atoms with E-state index in [1.165, 1.54) is 83.5 Å². The largest absolute Gasteiger partial charge is 0.549 e. The van der Waals surface area contributed by atoms with Crippen LogP contribution in [-0.4, -0.2) is 17.0 Å². The van der Waals surface area contributed by atoms with E-state index in [9.17, 15) is 24.9 Å². The zero-order valence-corrected chi connectivity index (χ0v) is 31.7. The number of aromatic hydroxyl groups is 1. The van der Waals surface area contributed by atoms with Gasteiger partial charge in [0.05, 0.1) is 11.9 Å². The Morgan fingerprint density at radius 1 is 0.617 bits per heavy atom. The van der Waals surface area contributed by atoms with Gasteiger partial charge in [-0.1, -0.05) is 176 Å². The number of rotatable bonds is 28. The number of hydrogen-bond acceptors (Lipinski definition) is 5. The molecule has 0 radical (unpaired) electrons. The molecule has 0 saturated heterocycles. The van der Waals surface area contributed by atoms with Crippen LogP contribution in [0.2, 0.25) is 0 Å². The molecule has 272 valence electrons. The second kappa shape index (κ2) is 23.3. The molecule has 1 aromatic rings. The molecular weight excluding hydrogens is 584 g/mol. The quantitative estimate of drug-likeness (QED) is 0.0715. The molecular formula is C42H72O5-2. The number of unbranched alkanes of at least 4 members (excludes halogenated alkanes) is 19. The minimum atomic E-state index is -1.68. The maximum Gasteiger partial charge on any atom is 0.122 e. The highest BCUT2D eigenvalue weighted by Gasteiger charge is 2.40. The molecule has 0 spiro atoms. The van der Waals surface area contributed by atoms with Crippen molar-refractivity contribution < 1.29 is 24.9 Å². The van der Waals surface area contributed by atoms with Crippen molar-refractivity contribution in [2.75, 3.05) is 0 Å². The molecule has 0 bridgehead atoms. The summed E-state index contributed by atoms with van der Waals surface area (Å²) in [5.41, 5.74) is 2.06. The molecule has 0 aromatic heterocycles. The van der Waals surface area contributed by atoms with Crippen molar-refractivity contribution in [3.8, 4) is 5.75 Å². The van der Waals surface area contributed by atoms with Crippen molar-refractivity contribution >= 4 is 11.9 Å². The van der Waals surface area contributed by atoms with Crippen LogP contribution in [0.4, 0.5) is 0 Å². The fraction of sp³-hybridized carbons (Fsp3) is 0.810. The number of carboxylic acid groups (broad SMARTS) is 2. The number of benzene rings is 1. The van der Waals surface area contributed by atoms with Crippen LogP contribution >= 0.6 is 0 Å². The van der Waals surface area contributed by atoms with Crippen molar-refractivity contribution in [1.29, 1.82) is 0 Å². The minimum absolute atomic E-state index is 0.265. The first-order valence-corrected chi connectivity index (χ1v) is 19.6. The number of hydrogen-bond donors (Lipinski definition) is 1. The van der Waals surface area contributed by atoms with Gasteiger partial charge in [-0.05, 0) is 66.2 Å². The lowest BCUT2D eigenvalue weighted by Gasteiger charge is -2.43. The van der Waals surface area contributed by atoms with E-state index in [2.05, 4.69) is 13.8 Å². The van der Waals surface area contributed by atoms with Gasteiger partial charge in [-0.2, -0.15) is 0 Å². The third-order valence-electron chi connectivity index (χ3n) is 10.7. The van der Waals surface area contributed by atoms with E-state index in [4.69, 9.17) is 0 Å². The molecule has 0 fully saturated rings. The van der Waals surface area contributed by atoms with Crippen LogP contribution in [0.1, 0.15) is 205 Å². The van der Waals surface area contributed by atoms with Gasteiger partial charge < -0.3 is 24.9 Å². The Kier molecular flexibility index (Phi) is 21.3. The Bertz CT molecular complexity index is 1010. The van der Waals surface area contributed by atoms with E-state index in [1.54, 1.807) is 0 Å². The minimum Gasteiger partial charge on any atom is -0.549 e. The molecule has 1 N–H and O–H groups in total. The Balaban J connectivity index is 3.17. The topological polar surface area (TPSA) is 100 Å². The zero-order valence-electron chi connectivity index (χ0n) is 31.7. The summed E-state index contributed by atoms with van der Waals surface area (Å²) in [6.07, 6.45) is 25.9. The molecule has 0 aliphatic carbocycles. The average molecular weight is 657 g/mol. The van der Waals surface area contributed by atoms with E-state index < -0.39 is 23.3 Å². The first kappa shape index (κ1) is 43.0. The fourth-order valence-electron chi connectivity index (χ4n) is 7.50. The number of phenols is 1. The van der Waals surface area contributed by atoms with Crippen molar-refractivity contribution in [2.24, 2.45) is 11.3 Å². The van der Waals surface area contributed by atoms with Gasteiger partial charge in [0.25, 0.3) is 0 Å². The highest BCUT2D eigenvalue weighted by atomic mass is 16.4. The highest BCUT2D eigenvalue weighted by molar-refractivity contribution is 5.92. The maximum atomic E-state index is 12.6. The van der Waals surface area contributed by atoms with Gasteiger partial charge >= 0.3 is 0 Å². The highest BCUT2D eigenvalue weighted by Crippen LogP contribution is 2.45. The van der Waals surface area contributed by atoms with Gasteiger partial charge in [0.1, 0.15) is 5.75 Å². The summed E-state index contributed by atoms with van der Waals surface area (Å²) in [4.78, 5) is 25.2. The molecule has 0 amide bonds. The predicted octanol–water partition coefficient (Wildman–Crippen LogP) is 9.96. The smallest absolute Gasteiger partial charge is 0.122 e.